The highest BCUT2D eigenvalue weighted by atomic mass is 32.1. The van der Waals surface area contributed by atoms with Crippen LogP contribution in [0, 0.1) is 6.92 Å². The summed E-state index contributed by atoms with van der Waals surface area (Å²) >= 11 is 1.66. The van der Waals surface area contributed by atoms with Crippen LogP contribution in [-0.2, 0) is 5.41 Å². The van der Waals surface area contributed by atoms with Crippen molar-refractivity contribution in [3.05, 3.63) is 39.4 Å². The van der Waals surface area contributed by atoms with E-state index >= 15 is 0 Å². The molecule has 1 amide bonds. The summed E-state index contributed by atoms with van der Waals surface area (Å²) in [6.45, 7) is 4.13. The van der Waals surface area contributed by atoms with Gasteiger partial charge in [0.1, 0.15) is 11.3 Å². The molecule has 1 fully saturated rings. The lowest BCUT2D eigenvalue weighted by molar-refractivity contribution is 0.0942. The fourth-order valence-corrected chi connectivity index (χ4v) is 4.48. The Bertz CT molecular complexity index is 684. The van der Waals surface area contributed by atoms with Crippen molar-refractivity contribution in [1.29, 1.82) is 0 Å². The number of aromatic nitrogens is 1. The first-order valence-corrected chi connectivity index (χ1v) is 8.81. The van der Waals surface area contributed by atoms with Gasteiger partial charge in [-0.2, -0.15) is 0 Å². The van der Waals surface area contributed by atoms with Crippen molar-refractivity contribution in [2.24, 2.45) is 0 Å². The number of rotatable bonds is 5. The molecular formula is C17H22N2O3S. The van der Waals surface area contributed by atoms with Crippen LogP contribution in [0.25, 0.3) is 0 Å². The minimum absolute atomic E-state index is 0.0153. The van der Waals surface area contributed by atoms with Crippen LogP contribution >= 0.6 is 11.3 Å². The second kappa shape index (κ2) is 6.45. The maximum atomic E-state index is 12.3. The minimum Gasteiger partial charge on any atom is -0.388 e. The van der Waals surface area contributed by atoms with E-state index in [-0.39, 0.29) is 11.3 Å². The first kappa shape index (κ1) is 16.2. The van der Waals surface area contributed by atoms with Gasteiger partial charge >= 0.3 is 0 Å². The lowest BCUT2D eigenvalue weighted by atomic mass is 9.84. The zero-order valence-electron chi connectivity index (χ0n) is 13.5. The number of thiophene rings is 1. The number of hydrogen-bond donors (Lipinski definition) is 2. The van der Waals surface area contributed by atoms with E-state index in [9.17, 15) is 9.90 Å². The van der Waals surface area contributed by atoms with Crippen LogP contribution in [-0.4, -0.2) is 22.7 Å². The molecule has 1 aliphatic carbocycles. The van der Waals surface area contributed by atoms with Crippen LogP contribution in [0.4, 0.5) is 0 Å². The number of carbonyl (C=O) groups excluding carboxylic acids is 1. The summed E-state index contributed by atoms with van der Waals surface area (Å²) < 4.78 is 4.96. The summed E-state index contributed by atoms with van der Waals surface area (Å²) in [6, 6.07) is 4.10. The van der Waals surface area contributed by atoms with Crippen LogP contribution in [0.5, 0.6) is 0 Å². The van der Waals surface area contributed by atoms with Crippen molar-refractivity contribution in [3.8, 4) is 0 Å². The van der Waals surface area contributed by atoms with Crippen LogP contribution in [0.2, 0.25) is 0 Å². The SMILES string of the molecule is Cc1oncc1C(=O)NCC1(c2ccc(C(C)O)s2)CCCC1. The van der Waals surface area contributed by atoms with Gasteiger partial charge < -0.3 is 14.9 Å². The molecule has 1 unspecified atom stereocenters. The normalized spacial score (nSPS) is 18.0. The molecular weight excluding hydrogens is 312 g/mol. The Morgan fingerprint density at radius 1 is 1.48 bits per heavy atom. The van der Waals surface area contributed by atoms with Crippen molar-refractivity contribution in [2.45, 2.75) is 51.0 Å². The largest absolute Gasteiger partial charge is 0.388 e. The zero-order chi connectivity index (χ0) is 16.4. The monoisotopic (exact) mass is 334 g/mol. The van der Waals surface area contributed by atoms with E-state index in [0.717, 1.165) is 17.7 Å². The van der Waals surface area contributed by atoms with Crippen molar-refractivity contribution in [3.63, 3.8) is 0 Å². The fraction of sp³-hybridized carbons (Fsp3) is 0.529. The highest BCUT2D eigenvalue weighted by Gasteiger charge is 2.37. The summed E-state index contributed by atoms with van der Waals surface area (Å²) in [5.74, 6) is 0.401. The summed E-state index contributed by atoms with van der Waals surface area (Å²) in [5, 5.41) is 16.5. The quantitative estimate of drug-likeness (QED) is 0.879. The average molecular weight is 334 g/mol. The number of nitrogens with zero attached hydrogens (tertiary/aromatic N) is 1. The van der Waals surface area contributed by atoms with Gasteiger partial charge in [-0.05, 0) is 38.8 Å². The summed E-state index contributed by atoms with van der Waals surface area (Å²) in [6.07, 6.45) is 5.49. The molecule has 124 valence electrons. The summed E-state index contributed by atoms with van der Waals surface area (Å²) in [5.41, 5.74) is 0.479. The molecule has 5 nitrogen and oxygen atoms in total. The predicted octanol–water partition coefficient (Wildman–Crippen LogP) is 3.34. The molecule has 0 aromatic carbocycles. The van der Waals surface area contributed by atoms with Gasteiger partial charge in [0.25, 0.3) is 5.91 Å². The standard InChI is InChI=1S/C17H22N2O3S/c1-11(20)14-5-6-15(23-14)17(7-3-4-8-17)10-18-16(21)13-9-19-22-12(13)2/h5-6,9,11,20H,3-4,7-8,10H2,1-2H3,(H,18,21). The average Bonchev–Trinajstić information content (AvgIpc) is 3.25. The molecule has 3 rings (SSSR count). The predicted molar refractivity (Wildman–Crippen MR) is 88.7 cm³/mol. The lowest BCUT2D eigenvalue weighted by Gasteiger charge is -2.28. The third-order valence-corrected chi connectivity index (χ3v) is 6.21. The van der Waals surface area contributed by atoms with Gasteiger partial charge in [0.15, 0.2) is 0 Å². The van der Waals surface area contributed by atoms with E-state index in [1.807, 2.05) is 6.07 Å². The third kappa shape index (κ3) is 3.19. The molecule has 0 aliphatic heterocycles. The number of amides is 1. The van der Waals surface area contributed by atoms with E-state index in [2.05, 4.69) is 16.5 Å². The number of hydrogen-bond acceptors (Lipinski definition) is 5. The van der Waals surface area contributed by atoms with Crippen LogP contribution in [0.3, 0.4) is 0 Å². The van der Waals surface area contributed by atoms with Crippen LogP contribution < -0.4 is 5.32 Å². The van der Waals surface area contributed by atoms with E-state index in [4.69, 9.17) is 4.52 Å². The first-order valence-electron chi connectivity index (χ1n) is 8.00. The first-order chi connectivity index (χ1) is 11.0. The number of aliphatic hydroxyl groups is 1. The van der Waals surface area contributed by atoms with Gasteiger partial charge in [-0.3, -0.25) is 4.79 Å². The maximum Gasteiger partial charge on any atom is 0.256 e. The molecule has 1 saturated carbocycles. The van der Waals surface area contributed by atoms with E-state index in [1.54, 1.807) is 25.2 Å². The molecule has 2 aromatic rings. The molecule has 2 N–H and O–H groups in total. The number of carbonyl (C=O) groups is 1. The Labute approximate surface area is 139 Å². The Hall–Kier alpha value is -1.66. The molecule has 1 atom stereocenters. The van der Waals surface area contributed by atoms with E-state index < -0.39 is 6.10 Å². The second-order valence-corrected chi connectivity index (χ2v) is 7.46. The number of aryl methyl sites for hydroxylation is 1. The van der Waals surface area contributed by atoms with E-state index in [1.165, 1.54) is 23.9 Å². The van der Waals surface area contributed by atoms with Crippen molar-refractivity contribution < 1.29 is 14.4 Å². The smallest absolute Gasteiger partial charge is 0.256 e. The fourth-order valence-electron chi connectivity index (χ4n) is 3.29. The highest BCUT2D eigenvalue weighted by Crippen LogP contribution is 2.44. The molecule has 0 radical (unpaired) electrons. The van der Waals surface area contributed by atoms with Crippen molar-refractivity contribution in [2.75, 3.05) is 6.54 Å². The van der Waals surface area contributed by atoms with Gasteiger partial charge in [0, 0.05) is 21.7 Å². The van der Waals surface area contributed by atoms with Crippen LogP contribution in [0.15, 0.2) is 22.9 Å². The van der Waals surface area contributed by atoms with E-state index in [0.29, 0.717) is 17.9 Å². The number of nitrogens with one attached hydrogen (secondary N) is 1. The molecule has 1 aliphatic rings. The Kier molecular flexibility index (Phi) is 4.55. The second-order valence-electron chi connectivity index (χ2n) is 6.34. The molecule has 23 heavy (non-hydrogen) atoms. The third-order valence-electron chi connectivity index (χ3n) is 4.70. The Morgan fingerprint density at radius 2 is 2.22 bits per heavy atom. The van der Waals surface area contributed by atoms with Crippen LogP contribution in [0.1, 0.15) is 64.6 Å². The molecule has 0 spiro atoms. The minimum atomic E-state index is -0.443. The molecule has 0 saturated heterocycles. The Morgan fingerprint density at radius 3 is 2.78 bits per heavy atom. The highest BCUT2D eigenvalue weighted by molar-refractivity contribution is 7.12. The van der Waals surface area contributed by atoms with Gasteiger partial charge in [0.05, 0.1) is 12.3 Å². The molecule has 6 heteroatoms. The zero-order valence-corrected chi connectivity index (χ0v) is 14.3. The molecule has 2 heterocycles. The van der Waals surface area contributed by atoms with Gasteiger partial charge in [-0.15, -0.1) is 11.3 Å². The van der Waals surface area contributed by atoms with Gasteiger partial charge in [-0.1, -0.05) is 18.0 Å². The molecule has 2 aromatic heterocycles. The maximum absolute atomic E-state index is 12.3. The lowest BCUT2D eigenvalue weighted by Crippen LogP contribution is -2.38. The van der Waals surface area contributed by atoms with Crippen molar-refractivity contribution in [1.82, 2.24) is 10.5 Å². The molecule has 0 bridgehead atoms. The summed E-state index contributed by atoms with van der Waals surface area (Å²) in [7, 11) is 0. The summed E-state index contributed by atoms with van der Waals surface area (Å²) in [4.78, 5) is 14.6. The topological polar surface area (TPSA) is 75.4 Å². The van der Waals surface area contributed by atoms with Gasteiger partial charge in [-0.25, -0.2) is 0 Å². The number of aliphatic hydroxyl groups excluding tert-OH is 1. The van der Waals surface area contributed by atoms with Gasteiger partial charge in [0.2, 0.25) is 0 Å². The van der Waals surface area contributed by atoms with Crippen molar-refractivity contribution >= 4 is 17.2 Å². The Balaban J connectivity index is 1.76.